The molecule has 0 bridgehead atoms. The van der Waals surface area contributed by atoms with Crippen molar-refractivity contribution in [2.24, 2.45) is 5.73 Å². The molecule has 182 valence electrons. The highest BCUT2D eigenvalue weighted by Crippen LogP contribution is 2.32. The minimum Gasteiger partial charge on any atom is -0.378 e. The zero-order chi connectivity index (χ0) is 23.3. The Balaban J connectivity index is 1.44. The predicted molar refractivity (Wildman–Crippen MR) is 139 cm³/mol. The molecule has 2 fully saturated rings. The summed E-state index contributed by atoms with van der Waals surface area (Å²) in [5.41, 5.74) is 14.3. The highest BCUT2D eigenvalue weighted by molar-refractivity contribution is 5.94. The second-order valence-corrected chi connectivity index (χ2v) is 9.51. The summed E-state index contributed by atoms with van der Waals surface area (Å²) in [4.78, 5) is 11.9. The molecule has 0 amide bonds. The van der Waals surface area contributed by atoms with Gasteiger partial charge in [0.25, 0.3) is 0 Å². The number of fused-ring (bicyclic) bond motifs is 1. The molecule has 3 heterocycles. The predicted octanol–water partition coefficient (Wildman–Crippen LogP) is 3.96. The quantitative estimate of drug-likeness (QED) is 0.435. The first-order valence-corrected chi connectivity index (χ1v) is 12.8. The van der Waals surface area contributed by atoms with E-state index in [0.29, 0.717) is 18.0 Å². The number of nitrogens with one attached hydrogen (secondary N) is 2. The van der Waals surface area contributed by atoms with E-state index in [9.17, 15) is 0 Å². The topological polar surface area (TPSA) is 93.3 Å². The number of hydrogen-bond acceptors (Lipinski definition) is 7. The van der Waals surface area contributed by atoms with E-state index in [1.807, 2.05) is 6.20 Å². The van der Waals surface area contributed by atoms with Crippen LogP contribution in [-0.4, -0.2) is 59.6 Å². The summed E-state index contributed by atoms with van der Waals surface area (Å²) in [5, 5.41) is 4.43. The molecule has 2 aliphatic rings. The van der Waals surface area contributed by atoms with Crippen LogP contribution in [-0.2, 0) is 4.74 Å². The Hall–Kier alpha value is -2.84. The van der Waals surface area contributed by atoms with Crippen LogP contribution in [0.15, 0.2) is 36.7 Å². The van der Waals surface area contributed by atoms with Gasteiger partial charge in [0.15, 0.2) is 5.65 Å². The third kappa shape index (κ3) is 5.13. The van der Waals surface area contributed by atoms with Gasteiger partial charge in [-0.3, -0.25) is 0 Å². The van der Waals surface area contributed by atoms with Gasteiger partial charge in [0, 0.05) is 60.7 Å². The van der Waals surface area contributed by atoms with E-state index in [1.165, 1.54) is 11.3 Å². The Kier molecular flexibility index (Phi) is 7.16. The van der Waals surface area contributed by atoms with Crippen LogP contribution in [0.3, 0.4) is 0 Å². The molecular weight excluding hydrogens is 426 g/mol. The standard InChI is InChI=1S/C26H37N7O/c1-2-3-12-28-26-29-17-23-24(19-4-10-22(11-5-19)32-13-15-34-16-14-32)18-33(25(23)30-26)31-21-8-6-20(27)7-9-21/h4-5,10-11,17-18,20-21,31H,2-3,6-9,12-16,27H2,1H3,(H,28,29,30)/t20-,21-. The molecule has 0 spiro atoms. The number of nitrogens with zero attached hydrogens (tertiary/aromatic N) is 4. The van der Waals surface area contributed by atoms with Crippen LogP contribution in [0.2, 0.25) is 0 Å². The van der Waals surface area contributed by atoms with Crippen LogP contribution in [0.1, 0.15) is 45.4 Å². The lowest BCUT2D eigenvalue weighted by Gasteiger charge is -2.28. The van der Waals surface area contributed by atoms with Crippen molar-refractivity contribution in [1.82, 2.24) is 14.6 Å². The lowest BCUT2D eigenvalue weighted by molar-refractivity contribution is 0.122. The highest BCUT2D eigenvalue weighted by atomic mass is 16.5. The first-order valence-electron chi connectivity index (χ1n) is 12.8. The van der Waals surface area contributed by atoms with Crippen molar-refractivity contribution < 1.29 is 4.74 Å². The first-order chi connectivity index (χ1) is 16.7. The number of hydrogen-bond donors (Lipinski definition) is 3. The van der Waals surface area contributed by atoms with E-state index < -0.39 is 0 Å². The summed E-state index contributed by atoms with van der Waals surface area (Å²) < 4.78 is 7.60. The molecule has 5 rings (SSSR count). The molecule has 3 aromatic rings. The molecule has 1 saturated heterocycles. The van der Waals surface area contributed by atoms with Crippen molar-refractivity contribution in [2.75, 3.05) is 48.5 Å². The molecular formula is C26H37N7O. The largest absolute Gasteiger partial charge is 0.378 e. The van der Waals surface area contributed by atoms with E-state index >= 15 is 0 Å². The average Bonchev–Trinajstić information content (AvgIpc) is 3.24. The molecule has 0 radical (unpaired) electrons. The van der Waals surface area contributed by atoms with E-state index in [1.54, 1.807) is 0 Å². The second-order valence-electron chi connectivity index (χ2n) is 9.51. The normalized spacial score (nSPS) is 21.1. The molecule has 1 saturated carbocycles. The van der Waals surface area contributed by atoms with Gasteiger partial charge in [-0.25, -0.2) is 9.66 Å². The lowest BCUT2D eigenvalue weighted by Crippen LogP contribution is -2.36. The maximum Gasteiger partial charge on any atom is 0.224 e. The summed E-state index contributed by atoms with van der Waals surface area (Å²) in [6.07, 6.45) is 10.7. The second kappa shape index (κ2) is 10.6. The fraction of sp³-hybridized carbons (Fsp3) is 0.538. The van der Waals surface area contributed by atoms with Crippen LogP contribution in [0, 0.1) is 0 Å². The van der Waals surface area contributed by atoms with Gasteiger partial charge in [0.2, 0.25) is 5.95 Å². The van der Waals surface area contributed by atoms with Crippen LogP contribution in [0.4, 0.5) is 11.6 Å². The number of rotatable bonds is 8. The maximum atomic E-state index is 6.13. The third-order valence-corrected chi connectivity index (χ3v) is 7.01. The van der Waals surface area contributed by atoms with E-state index in [4.69, 9.17) is 15.5 Å². The minimum absolute atomic E-state index is 0.330. The van der Waals surface area contributed by atoms with Crippen molar-refractivity contribution >= 4 is 22.7 Å². The molecule has 4 N–H and O–H groups in total. The van der Waals surface area contributed by atoms with Crippen molar-refractivity contribution in [3.63, 3.8) is 0 Å². The Morgan fingerprint density at radius 2 is 1.85 bits per heavy atom. The van der Waals surface area contributed by atoms with Crippen LogP contribution >= 0.6 is 0 Å². The summed E-state index contributed by atoms with van der Waals surface area (Å²) in [5.74, 6) is 0.682. The van der Waals surface area contributed by atoms with Gasteiger partial charge in [0.1, 0.15) is 0 Å². The summed E-state index contributed by atoms with van der Waals surface area (Å²) in [6, 6.07) is 9.56. The number of morpholine rings is 1. The minimum atomic E-state index is 0.330. The fourth-order valence-electron chi connectivity index (χ4n) is 4.92. The van der Waals surface area contributed by atoms with Crippen molar-refractivity contribution in [1.29, 1.82) is 0 Å². The summed E-state index contributed by atoms with van der Waals surface area (Å²) >= 11 is 0. The highest BCUT2D eigenvalue weighted by Gasteiger charge is 2.21. The van der Waals surface area contributed by atoms with Gasteiger partial charge in [-0.2, -0.15) is 4.98 Å². The number of benzene rings is 1. The van der Waals surface area contributed by atoms with Gasteiger partial charge in [-0.1, -0.05) is 25.5 Å². The summed E-state index contributed by atoms with van der Waals surface area (Å²) in [7, 11) is 0. The van der Waals surface area contributed by atoms with Gasteiger partial charge < -0.3 is 26.1 Å². The summed E-state index contributed by atoms with van der Waals surface area (Å²) in [6.45, 7) is 6.53. The Morgan fingerprint density at radius 3 is 2.59 bits per heavy atom. The van der Waals surface area contributed by atoms with E-state index in [-0.39, 0.29) is 0 Å². The Bertz CT molecular complexity index is 1070. The Labute approximate surface area is 201 Å². The monoisotopic (exact) mass is 463 g/mol. The van der Waals surface area contributed by atoms with Crippen LogP contribution in [0.25, 0.3) is 22.2 Å². The van der Waals surface area contributed by atoms with Crippen LogP contribution in [0.5, 0.6) is 0 Å². The van der Waals surface area contributed by atoms with Gasteiger partial charge in [-0.05, 0) is 49.8 Å². The zero-order valence-electron chi connectivity index (χ0n) is 20.2. The molecule has 2 aromatic heterocycles. The van der Waals surface area contributed by atoms with E-state index in [0.717, 1.165) is 88.0 Å². The maximum absolute atomic E-state index is 6.13. The number of anilines is 2. The SMILES string of the molecule is CCCCNc1ncc2c(-c3ccc(N4CCOCC4)cc3)cn(N[C@H]3CC[C@H](N)CC3)c2n1. The molecule has 1 aliphatic carbocycles. The average molecular weight is 464 g/mol. The van der Waals surface area contributed by atoms with Crippen molar-refractivity contribution in [3.8, 4) is 11.1 Å². The zero-order valence-corrected chi connectivity index (χ0v) is 20.2. The van der Waals surface area contributed by atoms with Gasteiger partial charge >= 0.3 is 0 Å². The molecule has 8 nitrogen and oxygen atoms in total. The van der Waals surface area contributed by atoms with Gasteiger partial charge in [-0.15, -0.1) is 0 Å². The molecule has 34 heavy (non-hydrogen) atoms. The molecule has 0 atom stereocenters. The number of ether oxygens (including phenoxy) is 1. The smallest absolute Gasteiger partial charge is 0.224 e. The molecule has 1 aromatic carbocycles. The Morgan fingerprint density at radius 1 is 1.09 bits per heavy atom. The first kappa shape index (κ1) is 22.9. The number of unbranched alkanes of at least 4 members (excludes halogenated alkanes) is 1. The van der Waals surface area contributed by atoms with Crippen molar-refractivity contribution in [2.45, 2.75) is 57.5 Å². The third-order valence-electron chi connectivity index (χ3n) is 7.01. The fourth-order valence-corrected chi connectivity index (χ4v) is 4.92. The van der Waals surface area contributed by atoms with E-state index in [2.05, 4.69) is 62.7 Å². The lowest BCUT2D eigenvalue weighted by atomic mass is 9.92. The van der Waals surface area contributed by atoms with Gasteiger partial charge in [0.05, 0.1) is 13.2 Å². The molecule has 1 aliphatic heterocycles. The number of nitrogens with two attached hydrogens (primary N) is 1. The number of aromatic nitrogens is 3. The molecule has 0 unspecified atom stereocenters. The molecule has 8 heteroatoms. The van der Waals surface area contributed by atoms with Crippen molar-refractivity contribution in [3.05, 3.63) is 36.7 Å². The van der Waals surface area contributed by atoms with Crippen LogP contribution < -0.4 is 21.4 Å².